The summed E-state index contributed by atoms with van der Waals surface area (Å²) in [6.07, 6.45) is 2.07. The highest BCUT2D eigenvalue weighted by molar-refractivity contribution is 7.89. The zero-order valence-corrected chi connectivity index (χ0v) is 12.1. The standard InChI is InChI=1S/C11H17ClN4O2S/c1-7-5-14-3-2-9(7)16-19(17,18)10-4-8(12)6-15-11(10)13/h4,6-7,9,14,16H,2-3,5H2,1H3,(H2,13,15). The van der Waals surface area contributed by atoms with Gasteiger partial charge in [0.05, 0.1) is 5.02 Å². The minimum Gasteiger partial charge on any atom is -0.383 e. The van der Waals surface area contributed by atoms with Crippen molar-refractivity contribution in [2.45, 2.75) is 24.3 Å². The molecule has 1 fully saturated rings. The van der Waals surface area contributed by atoms with Crippen LogP contribution in [0.1, 0.15) is 13.3 Å². The Labute approximate surface area is 117 Å². The van der Waals surface area contributed by atoms with Gasteiger partial charge in [0.1, 0.15) is 10.7 Å². The van der Waals surface area contributed by atoms with E-state index in [1.54, 1.807) is 0 Å². The maximum Gasteiger partial charge on any atom is 0.244 e. The lowest BCUT2D eigenvalue weighted by molar-refractivity contribution is 0.328. The molecule has 0 spiro atoms. The Morgan fingerprint density at radius 1 is 1.58 bits per heavy atom. The smallest absolute Gasteiger partial charge is 0.244 e. The number of piperidine rings is 1. The summed E-state index contributed by atoms with van der Waals surface area (Å²) in [6, 6.07) is 1.21. The van der Waals surface area contributed by atoms with Crippen LogP contribution in [0, 0.1) is 5.92 Å². The van der Waals surface area contributed by atoms with E-state index in [4.69, 9.17) is 17.3 Å². The van der Waals surface area contributed by atoms with Gasteiger partial charge in [-0.25, -0.2) is 18.1 Å². The van der Waals surface area contributed by atoms with Crippen molar-refractivity contribution >= 4 is 27.4 Å². The fourth-order valence-electron chi connectivity index (χ4n) is 2.10. The number of anilines is 1. The van der Waals surface area contributed by atoms with Crippen molar-refractivity contribution in [1.29, 1.82) is 0 Å². The number of aromatic nitrogens is 1. The Kier molecular flexibility index (Phi) is 4.29. The van der Waals surface area contributed by atoms with Gasteiger partial charge in [-0.05, 0) is 31.5 Å². The number of rotatable bonds is 3. The summed E-state index contributed by atoms with van der Waals surface area (Å²) in [4.78, 5) is 3.71. The summed E-state index contributed by atoms with van der Waals surface area (Å²) in [6.45, 7) is 3.58. The lowest BCUT2D eigenvalue weighted by atomic mass is 9.97. The minimum atomic E-state index is -3.70. The molecule has 0 radical (unpaired) electrons. The molecular formula is C11H17ClN4O2S. The fourth-order valence-corrected chi connectivity index (χ4v) is 3.81. The minimum absolute atomic E-state index is 0.0431. The number of sulfonamides is 1. The molecule has 2 heterocycles. The lowest BCUT2D eigenvalue weighted by Crippen LogP contribution is -2.48. The second-order valence-electron chi connectivity index (χ2n) is 4.73. The van der Waals surface area contributed by atoms with Gasteiger partial charge in [0.25, 0.3) is 0 Å². The molecule has 0 amide bonds. The number of hydrogen-bond acceptors (Lipinski definition) is 5. The Hall–Kier alpha value is -0.890. The Bertz CT molecular complexity index is 564. The topological polar surface area (TPSA) is 97.1 Å². The first-order chi connectivity index (χ1) is 8.90. The summed E-state index contributed by atoms with van der Waals surface area (Å²) < 4.78 is 27.3. The van der Waals surface area contributed by atoms with E-state index in [9.17, 15) is 8.42 Å². The highest BCUT2D eigenvalue weighted by Gasteiger charge is 2.28. The molecule has 1 aromatic rings. The first-order valence-corrected chi connectivity index (χ1v) is 7.90. The van der Waals surface area contributed by atoms with E-state index in [0.29, 0.717) is 0 Å². The molecule has 2 rings (SSSR count). The van der Waals surface area contributed by atoms with Crippen molar-refractivity contribution in [3.8, 4) is 0 Å². The van der Waals surface area contributed by atoms with E-state index < -0.39 is 10.0 Å². The van der Waals surface area contributed by atoms with E-state index in [0.717, 1.165) is 19.5 Å². The number of hydrogen-bond donors (Lipinski definition) is 3. The average Bonchev–Trinajstić information content (AvgIpc) is 2.35. The zero-order chi connectivity index (χ0) is 14.0. The number of halogens is 1. The van der Waals surface area contributed by atoms with E-state index >= 15 is 0 Å². The molecule has 1 aliphatic heterocycles. The second kappa shape index (κ2) is 5.62. The van der Waals surface area contributed by atoms with Gasteiger partial charge in [-0.2, -0.15) is 0 Å². The van der Waals surface area contributed by atoms with Crippen molar-refractivity contribution in [2.24, 2.45) is 5.92 Å². The van der Waals surface area contributed by atoms with Crippen LogP contribution in [-0.4, -0.2) is 32.5 Å². The van der Waals surface area contributed by atoms with Gasteiger partial charge in [0.15, 0.2) is 0 Å². The first kappa shape index (κ1) is 14.5. The van der Waals surface area contributed by atoms with Crippen molar-refractivity contribution < 1.29 is 8.42 Å². The van der Waals surface area contributed by atoms with Gasteiger partial charge in [0, 0.05) is 12.2 Å². The highest BCUT2D eigenvalue weighted by Crippen LogP contribution is 2.22. The molecule has 1 saturated heterocycles. The van der Waals surface area contributed by atoms with E-state index in [1.807, 2.05) is 6.92 Å². The van der Waals surface area contributed by atoms with Crippen LogP contribution in [0.5, 0.6) is 0 Å². The maximum atomic E-state index is 12.3. The van der Waals surface area contributed by atoms with Crippen molar-refractivity contribution in [3.63, 3.8) is 0 Å². The highest BCUT2D eigenvalue weighted by atomic mass is 35.5. The van der Waals surface area contributed by atoms with Gasteiger partial charge in [0.2, 0.25) is 10.0 Å². The molecule has 19 heavy (non-hydrogen) atoms. The van der Waals surface area contributed by atoms with Crippen molar-refractivity contribution in [3.05, 3.63) is 17.3 Å². The summed E-state index contributed by atoms with van der Waals surface area (Å²) in [5, 5.41) is 3.46. The Morgan fingerprint density at radius 3 is 3.00 bits per heavy atom. The molecular weight excluding hydrogens is 288 g/mol. The number of nitrogens with two attached hydrogens (primary N) is 1. The molecule has 6 nitrogen and oxygen atoms in total. The molecule has 0 bridgehead atoms. The van der Waals surface area contributed by atoms with Crippen LogP contribution in [0.25, 0.3) is 0 Å². The van der Waals surface area contributed by atoms with E-state index in [1.165, 1.54) is 12.3 Å². The number of nitrogen functional groups attached to an aromatic ring is 1. The Balaban J connectivity index is 2.24. The lowest BCUT2D eigenvalue weighted by Gasteiger charge is -2.30. The van der Waals surface area contributed by atoms with Crippen molar-refractivity contribution in [1.82, 2.24) is 15.0 Å². The van der Waals surface area contributed by atoms with Gasteiger partial charge in [-0.1, -0.05) is 18.5 Å². The van der Waals surface area contributed by atoms with Crippen LogP contribution in [0.4, 0.5) is 5.82 Å². The predicted octanol–water partition coefficient (Wildman–Crippen LogP) is 0.594. The zero-order valence-electron chi connectivity index (χ0n) is 10.6. The molecule has 0 aromatic carbocycles. The second-order valence-corrected chi connectivity index (χ2v) is 6.85. The number of pyridine rings is 1. The largest absolute Gasteiger partial charge is 0.383 e. The molecule has 2 unspecified atom stereocenters. The summed E-state index contributed by atoms with van der Waals surface area (Å²) in [5.74, 6) is 0.176. The summed E-state index contributed by atoms with van der Waals surface area (Å²) in [5.41, 5.74) is 5.61. The first-order valence-electron chi connectivity index (χ1n) is 6.04. The quantitative estimate of drug-likeness (QED) is 0.759. The number of nitrogens with one attached hydrogen (secondary N) is 2. The third-order valence-electron chi connectivity index (χ3n) is 3.23. The number of nitrogens with zero attached hydrogens (tertiary/aromatic N) is 1. The maximum absolute atomic E-state index is 12.3. The van der Waals surface area contributed by atoms with Crippen LogP contribution < -0.4 is 15.8 Å². The fraction of sp³-hybridized carbons (Fsp3) is 0.545. The molecule has 0 aliphatic carbocycles. The Morgan fingerprint density at radius 2 is 2.32 bits per heavy atom. The average molecular weight is 305 g/mol. The van der Waals surface area contributed by atoms with Gasteiger partial charge < -0.3 is 11.1 Å². The molecule has 2 atom stereocenters. The van der Waals surface area contributed by atoms with Crippen LogP contribution in [-0.2, 0) is 10.0 Å². The predicted molar refractivity (Wildman–Crippen MR) is 74.4 cm³/mol. The molecule has 1 aliphatic rings. The van der Waals surface area contributed by atoms with Crippen LogP contribution in [0.15, 0.2) is 17.2 Å². The van der Waals surface area contributed by atoms with Crippen LogP contribution in [0.3, 0.4) is 0 Å². The summed E-state index contributed by atoms with van der Waals surface area (Å²) in [7, 11) is -3.70. The SMILES string of the molecule is CC1CNCCC1NS(=O)(=O)c1cc(Cl)cnc1N. The van der Waals surface area contributed by atoms with Gasteiger partial charge in [-0.15, -0.1) is 0 Å². The molecule has 106 valence electrons. The van der Waals surface area contributed by atoms with E-state index in [-0.39, 0.29) is 27.7 Å². The molecule has 4 N–H and O–H groups in total. The normalized spacial score (nSPS) is 24.3. The van der Waals surface area contributed by atoms with Crippen LogP contribution in [0.2, 0.25) is 5.02 Å². The summed E-state index contributed by atoms with van der Waals surface area (Å²) >= 11 is 5.77. The molecule has 8 heteroatoms. The van der Waals surface area contributed by atoms with Crippen molar-refractivity contribution in [2.75, 3.05) is 18.8 Å². The third-order valence-corrected chi connectivity index (χ3v) is 4.96. The van der Waals surface area contributed by atoms with E-state index in [2.05, 4.69) is 15.0 Å². The molecule has 0 saturated carbocycles. The monoisotopic (exact) mass is 304 g/mol. The molecule has 1 aromatic heterocycles. The third kappa shape index (κ3) is 3.36. The van der Waals surface area contributed by atoms with Gasteiger partial charge in [-0.3, -0.25) is 0 Å². The van der Waals surface area contributed by atoms with Gasteiger partial charge >= 0.3 is 0 Å². The van der Waals surface area contributed by atoms with Crippen LogP contribution >= 0.6 is 11.6 Å².